The summed E-state index contributed by atoms with van der Waals surface area (Å²) < 4.78 is 11.1. The average molecular weight is 261 g/mol. The Morgan fingerprint density at radius 3 is 2.74 bits per heavy atom. The van der Waals surface area contributed by atoms with E-state index < -0.39 is 11.9 Å². The van der Waals surface area contributed by atoms with Crippen molar-refractivity contribution in [3.8, 4) is 0 Å². The largest absolute Gasteiger partial charge is 0.347 e. The SMILES string of the molecule is CC1(C)OC[C@H](C(=O)N2CCc3ccccc3C2)O1. The van der Waals surface area contributed by atoms with Gasteiger partial charge >= 0.3 is 0 Å². The molecule has 1 amide bonds. The minimum Gasteiger partial charge on any atom is -0.347 e. The normalized spacial score (nSPS) is 25.2. The third-order valence-corrected chi connectivity index (χ3v) is 3.73. The second-order valence-electron chi connectivity index (χ2n) is 5.60. The van der Waals surface area contributed by atoms with Crippen LogP contribution >= 0.6 is 0 Å². The first-order chi connectivity index (χ1) is 9.05. The van der Waals surface area contributed by atoms with Gasteiger partial charge in [-0.1, -0.05) is 24.3 Å². The Bertz CT molecular complexity index is 498. The molecule has 1 aromatic carbocycles. The summed E-state index contributed by atoms with van der Waals surface area (Å²) in [5.74, 6) is -0.603. The molecular formula is C15H19NO3. The van der Waals surface area contributed by atoms with Crippen molar-refractivity contribution in [1.82, 2.24) is 4.90 Å². The summed E-state index contributed by atoms with van der Waals surface area (Å²) in [6, 6.07) is 8.29. The molecule has 4 heteroatoms. The van der Waals surface area contributed by atoms with Crippen molar-refractivity contribution in [2.45, 2.75) is 38.7 Å². The molecule has 0 N–H and O–H groups in total. The summed E-state index contributed by atoms with van der Waals surface area (Å²) in [6.45, 7) is 5.47. The molecule has 19 heavy (non-hydrogen) atoms. The van der Waals surface area contributed by atoms with Crippen molar-refractivity contribution in [2.75, 3.05) is 13.2 Å². The van der Waals surface area contributed by atoms with Crippen molar-refractivity contribution in [3.63, 3.8) is 0 Å². The Labute approximate surface area is 113 Å². The zero-order valence-corrected chi connectivity index (χ0v) is 11.4. The van der Waals surface area contributed by atoms with Gasteiger partial charge in [-0.25, -0.2) is 0 Å². The maximum absolute atomic E-state index is 12.4. The van der Waals surface area contributed by atoms with Gasteiger partial charge in [0.2, 0.25) is 0 Å². The summed E-state index contributed by atoms with van der Waals surface area (Å²) in [5.41, 5.74) is 2.58. The van der Waals surface area contributed by atoms with Crippen LogP contribution in [0.5, 0.6) is 0 Å². The summed E-state index contributed by atoms with van der Waals surface area (Å²) in [7, 11) is 0. The van der Waals surface area contributed by atoms with E-state index in [-0.39, 0.29) is 5.91 Å². The lowest BCUT2D eigenvalue weighted by molar-refractivity contribution is -0.160. The third-order valence-electron chi connectivity index (χ3n) is 3.73. The van der Waals surface area contributed by atoms with Gasteiger partial charge in [0.1, 0.15) is 0 Å². The number of hydrogen-bond donors (Lipinski definition) is 0. The second kappa shape index (κ2) is 4.62. The van der Waals surface area contributed by atoms with Gasteiger partial charge in [-0.2, -0.15) is 0 Å². The molecule has 0 aliphatic carbocycles. The Balaban J connectivity index is 1.70. The van der Waals surface area contributed by atoms with E-state index in [2.05, 4.69) is 12.1 Å². The first kappa shape index (κ1) is 12.6. The fourth-order valence-corrected chi connectivity index (χ4v) is 2.70. The lowest BCUT2D eigenvalue weighted by Gasteiger charge is -2.30. The fourth-order valence-electron chi connectivity index (χ4n) is 2.70. The topological polar surface area (TPSA) is 38.8 Å². The van der Waals surface area contributed by atoms with Crippen molar-refractivity contribution in [3.05, 3.63) is 35.4 Å². The number of hydrogen-bond acceptors (Lipinski definition) is 3. The van der Waals surface area contributed by atoms with Gasteiger partial charge in [-0.05, 0) is 31.4 Å². The highest BCUT2D eigenvalue weighted by Crippen LogP contribution is 2.25. The quantitative estimate of drug-likeness (QED) is 0.772. The summed E-state index contributed by atoms with van der Waals surface area (Å²) in [4.78, 5) is 14.3. The van der Waals surface area contributed by atoms with E-state index in [9.17, 15) is 4.79 Å². The van der Waals surface area contributed by atoms with Gasteiger partial charge in [0.15, 0.2) is 11.9 Å². The molecule has 4 nitrogen and oxygen atoms in total. The van der Waals surface area contributed by atoms with Gasteiger partial charge in [0.25, 0.3) is 5.91 Å². The maximum atomic E-state index is 12.4. The zero-order chi connectivity index (χ0) is 13.5. The molecular weight excluding hydrogens is 242 g/mol. The number of nitrogens with zero attached hydrogens (tertiary/aromatic N) is 1. The zero-order valence-electron chi connectivity index (χ0n) is 11.4. The van der Waals surface area contributed by atoms with Crippen LogP contribution in [0.2, 0.25) is 0 Å². The Kier molecular flexibility index (Phi) is 3.07. The van der Waals surface area contributed by atoms with Gasteiger partial charge < -0.3 is 14.4 Å². The number of benzene rings is 1. The highest BCUT2D eigenvalue weighted by Gasteiger charge is 2.39. The molecule has 1 atom stereocenters. The van der Waals surface area contributed by atoms with Gasteiger partial charge in [0.05, 0.1) is 6.61 Å². The smallest absolute Gasteiger partial charge is 0.254 e. The van der Waals surface area contributed by atoms with Crippen LogP contribution in [0.25, 0.3) is 0 Å². The minimum atomic E-state index is -0.645. The monoisotopic (exact) mass is 261 g/mol. The van der Waals surface area contributed by atoms with Gasteiger partial charge in [-0.3, -0.25) is 4.79 Å². The van der Waals surface area contributed by atoms with Crippen LogP contribution in [0.15, 0.2) is 24.3 Å². The standard InChI is InChI=1S/C15H19NO3/c1-15(2)18-10-13(19-15)14(17)16-8-7-11-5-3-4-6-12(11)9-16/h3-6,13H,7-10H2,1-2H3/t13-/m1/s1. The first-order valence-electron chi connectivity index (χ1n) is 6.72. The minimum absolute atomic E-state index is 0.0417. The summed E-state index contributed by atoms with van der Waals surface area (Å²) in [6.07, 6.45) is 0.457. The molecule has 1 saturated heterocycles. The molecule has 1 aromatic rings. The number of carbonyl (C=O) groups is 1. The van der Waals surface area contributed by atoms with Crippen molar-refractivity contribution >= 4 is 5.91 Å². The Hall–Kier alpha value is -1.39. The third kappa shape index (κ3) is 2.51. The fraction of sp³-hybridized carbons (Fsp3) is 0.533. The molecule has 0 bridgehead atoms. The van der Waals surface area contributed by atoms with E-state index in [4.69, 9.17) is 9.47 Å². The van der Waals surface area contributed by atoms with E-state index >= 15 is 0 Å². The van der Waals surface area contributed by atoms with Crippen LogP contribution in [0.1, 0.15) is 25.0 Å². The molecule has 3 rings (SSSR count). The molecule has 2 aliphatic heterocycles. The highest BCUT2D eigenvalue weighted by atomic mass is 16.7. The van der Waals surface area contributed by atoms with Crippen LogP contribution in [0.3, 0.4) is 0 Å². The lowest BCUT2D eigenvalue weighted by Crippen LogP contribution is -2.43. The van der Waals surface area contributed by atoms with E-state index in [1.807, 2.05) is 30.9 Å². The predicted molar refractivity (Wildman–Crippen MR) is 70.5 cm³/mol. The average Bonchev–Trinajstić information content (AvgIpc) is 2.78. The molecule has 0 spiro atoms. The summed E-state index contributed by atoms with van der Waals surface area (Å²) >= 11 is 0. The number of carbonyl (C=O) groups excluding carboxylic acids is 1. The van der Waals surface area contributed by atoms with E-state index in [0.717, 1.165) is 13.0 Å². The van der Waals surface area contributed by atoms with Crippen LogP contribution in [0.4, 0.5) is 0 Å². The lowest BCUT2D eigenvalue weighted by atomic mass is 9.99. The molecule has 2 aliphatic rings. The van der Waals surface area contributed by atoms with Crippen LogP contribution in [0, 0.1) is 0 Å². The van der Waals surface area contributed by atoms with Crippen molar-refractivity contribution < 1.29 is 14.3 Å². The molecule has 102 valence electrons. The first-order valence-corrected chi connectivity index (χ1v) is 6.72. The number of rotatable bonds is 1. The number of fused-ring (bicyclic) bond motifs is 1. The number of amides is 1. The number of ether oxygens (including phenoxy) is 2. The molecule has 0 radical (unpaired) electrons. The predicted octanol–water partition coefficient (Wildman–Crippen LogP) is 1.72. The van der Waals surface area contributed by atoms with E-state index in [0.29, 0.717) is 13.2 Å². The maximum Gasteiger partial charge on any atom is 0.254 e. The van der Waals surface area contributed by atoms with E-state index in [1.54, 1.807) is 0 Å². The van der Waals surface area contributed by atoms with Crippen LogP contribution in [-0.2, 0) is 27.2 Å². The molecule has 1 fully saturated rings. The van der Waals surface area contributed by atoms with Gasteiger partial charge in [0, 0.05) is 13.1 Å². The highest BCUT2D eigenvalue weighted by molar-refractivity contribution is 5.81. The van der Waals surface area contributed by atoms with Crippen molar-refractivity contribution in [2.24, 2.45) is 0 Å². The molecule has 2 heterocycles. The van der Waals surface area contributed by atoms with Gasteiger partial charge in [-0.15, -0.1) is 0 Å². The van der Waals surface area contributed by atoms with Crippen LogP contribution in [-0.4, -0.2) is 35.8 Å². The Morgan fingerprint density at radius 2 is 2.05 bits per heavy atom. The Morgan fingerprint density at radius 1 is 1.32 bits per heavy atom. The van der Waals surface area contributed by atoms with E-state index in [1.165, 1.54) is 11.1 Å². The van der Waals surface area contributed by atoms with Crippen LogP contribution < -0.4 is 0 Å². The van der Waals surface area contributed by atoms with Crippen molar-refractivity contribution in [1.29, 1.82) is 0 Å². The second-order valence-corrected chi connectivity index (χ2v) is 5.60. The summed E-state index contributed by atoms with van der Waals surface area (Å²) in [5, 5.41) is 0. The molecule has 0 aromatic heterocycles. The molecule has 0 saturated carbocycles. The molecule has 0 unspecified atom stereocenters.